The van der Waals surface area contributed by atoms with Gasteiger partial charge in [-0.25, -0.2) is 4.98 Å². The Morgan fingerprint density at radius 2 is 2.30 bits per heavy atom. The number of aromatic amines is 2. The fourth-order valence-electron chi connectivity index (χ4n) is 2.70. The molecule has 0 radical (unpaired) electrons. The third-order valence-electron chi connectivity index (χ3n) is 3.74. The molecule has 1 saturated heterocycles. The van der Waals surface area contributed by atoms with Crippen LogP contribution in [0.2, 0.25) is 0 Å². The minimum atomic E-state index is -0.522. The number of anilines is 1. The first-order valence-electron chi connectivity index (χ1n) is 6.45. The lowest BCUT2D eigenvalue weighted by molar-refractivity contribution is 0.103. The molecular weight excluding hydrogens is 262 g/mol. The zero-order valence-corrected chi connectivity index (χ0v) is 10.8. The van der Waals surface area contributed by atoms with E-state index in [0.717, 1.165) is 5.56 Å². The van der Waals surface area contributed by atoms with Gasteiger partial charge in [-0.3, -0.25) is 14.7 Å². The van der Waals surface area contributed by atoms with Crippen LogP contribution >= 0.6 is 0 Å². The van der Waals surface area contributed by atoms with Crippen molar-refractivity contribution >= 4 is 17.0 Å². The molecule has 108 valence electrons. The van der Waals surface area contributed by atoms with Gasteiger partial charge < -0.3 is 20.9 Å². The average Bonchev–Trinajstić information content (AvgIpc) is 2.94. The number of nitrogens with two attached hydrogens (primary N) is 1. The van der Waals surface area contributed by atoms with E-state index in [1.807, 2.05) is 4.90 Å². The Morgan fingerprint density at radius 1 is 1.50 bits per heavy atom. The molecule has 0 spiro atoms. The minimum Gasteiger partial charge on any atom is -0.396 e. The normalized spacial score (nSPS) is 23.7. The summed E-state index contributed by atoms with van der Waals surface area (Å²) in [7, 11) is 0. The molecule has 0 saturated carbocycles. The smallest absolute Gasteiger partial charge is 0.276 e. The third kappa shape index (κ3) is 2.17. The van der Waals surface area contributed by atoms with E-state index in [4.69, 9.17) is 10.8 Å². The molecule has 1 aliphatic rings. The first kappa shape index (κ1) is 13.1. The van der Waals surface area contributed by atoms with Crippen molar-refractivity contribution in [2.24, 2.45) is 5.92 Å². The maximum absolute atomic E-state index is 11.7. The Hall–Kier alpha value is -1.90. The van der Waals surface area contributed by atoms with Gasteiger partial charge >= 0.3 is 0 Å². The van der Waals surface area contributed by atoms with E-state index in [-0.39, 0.29) is 24.0 Å². The molecule has 0 bridgehead atoms. The van der Waals surface area contributed by atoms with Crippen LogP contribution in [-0.2, 0) is 6.54 Å². The van der Waals surface area contributed by atoms with Crippen molar-refractivity contribution in [1.82, 2.24) is 19.9 Å². The average molecular weight is 279 g/mol. The molecule has 0 amide bonds. The number of aliphatic hydroxyl groups is 2. The number of H-pyrrole nitrogens is 2. The summed E-state index contributed by atoms with van der Waals surface area (Å²) in [5.41, 5.74) is 7.06. The van der Waals surface area contributed by atoms with Gasteiger partial charge in [0.2, 0.25) is 5.95 Å². The van der Waals surface area contributed by atoms with Crippen LogP contribution in [0.5, 0.6) is 0 Å². The number of hydrogen-bond acceptors (Lipinski definition) is 6. The topological polar surface area (TPSA) is 131 Å². The zero-order valence-electron chi connectivity index (χ0n) is 10.8. The molecule has 6 N–H and O–H groups in total. The van der Waals surface area contributed by atoms with E-state index < -0.39 is 6.10 Å². The monoisotopic (exact) mass is 279 g/mol. The molecule has 8 nitrogen and oxygen atoms in total. The summed E-state index contributed by atoms with van der Waals surface area (Å²) in [4.78, 5) is 23.2. The number of nitrogens with one attached hydrogen (secondary N) is 2. The highest BCUT2D eigenvalue weighted by Crippen LogP contribution is 2.21. The van der Waals surface area contributed by atoms with E-state index in [1.54, 1.807) is 6.20 Å². The second-order valence-corrected chi connectivity index (χ2v) is 5.19. The van der Waals surface area contributed by atoms with Gasteiger partial charge in [-0.1, -0.05) is 0 Å². The Morgan fingerprint density at radius 3 is 3.00 bits per heavy atom. The summed E-state index contributed by atoms with van der Waals surface area (Å²) in [6.07, 6.45) is 1.21. The largest absolute Gasteiger partial charge is 0.396 e. The molecule has 3 heterocycles. The van der Waals surface area contributed by atoms with Gasteiger partial charge in [0.15, 0.2) is 0 Å². The maximum atomic E-state index is 11.7. The van der Waals surface area contributed by atoms with Crippen molar-refractivity contribution in [3.8, 4) is 0 Å². The molecule has 8 heteroatoms. The van der Waals surface area contributed by atoms with E-state index in [2.05, 4.69) is 15.0 Å². The van der Waals surface area contributed by atoms with Crippen LogP contribution in [-0.4, -0.2) is 55.9 Å². The second-order valence-electron chi connectivity index (χ2n) is 5.19. The van der Waals surface area contributed by atoms with Gasteiger partial charge in [-0.15, -0.1) is 0 Å². The second kappa shape index (κ2) is 4.89. The first-order valence-corrected chi connectivity index (χ1v) is 6.45. The van der Waals surface area contributed by atoms with Crippen LogP contribution in [0.15, 0.2) is 11.0 Å². The molecule has 2 aromatic heterocycles. The Labute approximate surface area is 114 Å². The Kier molecular flexibility index (Phi) is 3.20. The molecule has 2 aromatic rings. The van der Waals surface area contributed by atoms with Gasteiger partial charge in [0.25, 0.3) is 5.56 Å². The van der Waals surface area contributed by atoms with Crippen molar-refractivity contribution in [1.29, 1.82) is 0 Å². The van der Waals surface area contributed by atoms with Crippen LogP contribution in [0, 0.1) is 5.92 Å². The van der Waals surface area contributed by atoms with Crippen LogP contribution in [0.25, 0.3) is 11.0 Å². The van der Waals surface area contributed by atoms with E-state index >= 15 is 0 Å². The molecule has 20 heavy (non-hydrogen) atoms. The standard InChI is InChI=1S/C12H17N5O3/c13-12-15-9-6(1-14-10(9)11(20)16-12)2-17-3-7(5-18)8(19)4-17/h1,7-8,14,18-19H,2-5H2,(H3,13,15,16,20)/t7-,8+/m0/s1. The molecule has 0 unspecified atom stereocenters. The molecule has 0 aliphatic carbocycles. The number of aliphatic hydroxyl groups excluding tert-OH is 2. The summed E-state index contributed by atoms with van der Waals surface area (Å²) in [5, 5.41) is 18.9. The fourth-order valence-corrected chi connectivity index (χ4v) is 2.70. The van der Waals surface area contributed by atoms with Gasteiger partial charge in [-0.2, -0.15) is 0 Å². The maximum Gasteiger partial charge on any atom is 0.276 e. The van der Waals surface area contributed by atoms with E-state index in [9.17, 15) is 9.90 Å². The van der Waals surface area contributed by atoms with Gasteiger partial charge in [0.1, 0.15) is 11.0 Å². The van der Waals surface area contributed by atoms with Gasteiger partial charge in [0, 0.05) is 43.9 Å². The van der Waals surface area contributed by atoms with E-state index in [1.165, 1.54) is 0 Å². The Balaban J connectivity index is 1.87. The minimum absolute atomic E-state index is 0.0313. The lowest BCUT2D eigenvalue weighted by atomic mass is 10.1. The Bertz CT molecular complexity index is 679. The number of fused-ring (bicyclic) bond motifs is 1. The van der Waals surface area contributed by atoms with E-state index in [0.29, 0.717) is 30.7 Å². The first-order chi connectivity index (χ1) is 9.58. The van der Waals surface area contributed by atoms with Crippen LogP contribution < -0.4 is 11.3 Å². The van der Waals surface area contributed by atoms with Crippen molar-refractivity contribution in [3.63, 3.8) is 0 Å². The molecule has 1 aliphatic heterocycles. The van der Waals surface area contributed by atoms with Crippen molar-refractivity contribution in [2.45, 2.75) is 12.6 Å². The molecule has 0 aromatic carbocycles. The zero-order chi connectivity index (χ0) is 14.3. The number of nitrogen functional groups attached to an aromatic ring is 1. The molecule has 1 fully saturated rings. The van der Waals surface area contributed by atoms with Crippen LogP contribution in [0.3, 0.4) is 0 Å². The number of likely N-dealkylation sites (tertiary alicyclic amines) is 1. The number of aromatic nitrogens is 3. The SMILES string of the molecule is Nc1nc2c(CN3C[C@@H](CO)[C@H](O)C3)c[nH]c2c(=O)[nH]1. The third-order valence-corrected chi connectivity index (χ3v) is 3.74. The summed E-state index contributed by atoms with van der Waals surface area (Å²) in [5.74, 6) is -0.0420. The fraction of sp³-hybridized carbons (Fsp3) is 0.500. The van der Waals surface area contributed by atoms with Gasteiger partial charge in [-0.05, 0) is 0 Å². The summed E-state index contributed by atoms with van der Waals surface area (Å²) < 4.78 is 0. The number of β-amino-alcohol motifs (C(OH)–C–C–N with tert-alkyl or cyclic N) is 1. The highest BCUT2D eigenvalue weighted by Gasteiger charge is 2.31. The highest BCUT2D eigenvalue weighted by molar-refractivity contribution is 5.78. The van der Waals surface area contributed by atoms with Crippen molar-refractivity contribution in [2.75, 3.05) is 25.4 Å². The molecule has 3 rings (SSSR count). The summed E-state index contributed by atoms with van der Waals surface area (Å²) >= 11 is 0. The number of nitrogens with zero attached hydrogens (tertiary/aromatic N) is 2. The summed E-state index contributed by atoms with van der Waals surface area (Å²) in [6, 6.07) is 0. The molecule has 2 atom stereocenters. The summed E-state index contributed by atoms with van der Waals surface area (Å²) in [6.45, 7) is 1.62. The highest BCUT2D eigenvalue weighted by atomic mass is 16.3. The van der Waals surface area contributed by atoms with Crippen LogP contribution in [0.4, 0.5) is 5.95 Å². The molecular formula is C12H17N5O3. The van der Waals surface area contributed by atoms with Crippen molar-refractivity contribution in [3.05, 3.63) is 22.1 Å². The van der Waals surface area contributed by atoms with Crippen molar-refractivity contribution < 1.29 is 10.2 Å². The lowest BCUT2D eigenvalue weighted by Crippen LogP contribution is -2.21. The van der Waals surface area contributed by atoms with Crippen LogP contribution in [0.1, 0.15) is 5.56 Å². The number of hydrogen-bond donors (Lipinski definition) is 5. The predicted octanol–water partition coefficient (Wildman–Crippen LogP) is -1.38. The van der Waals surface area contributed by atoms with Gasteiger partial charge in [0.05, 0.1) is 6.10 Å². The lowest BCUT2D eigenvalue weighted by Gasteiger charge is -2.14. The predicted molar refractivity (Wildman–Crippen MR) is 73.0 cm³/mol. The quantitative estimate of drug-likeness (QED) is 0.470. The number of rotatable bonds is 3.